The number of halogens is 6. The number of nitrogens with one attached hydrogen (secondary N) is 1. The van der Waals surface area contributed by atoms with Gasteiger partial charge >= 0.3 is 18.4 Å². The van der Waals surface area contributed by atoms with Crippen LogP contribution < -0.4 is 4.72 Å². The summed E-state index contributed by atoms with van der Waals surface area (Å²) in [7, 11) is -1.14. The zero-order chi connectivity index (χ0) is 20.7. The highest BCUT2D eigenvalue weighted by Gasteiger charge is 2.60. The molecule has 0 aromatic rings. The first-order valence-electron chi connectivity index (χ1n) is 8.79. The van der Waals surface area contributed by atoms with Gasteiger partial charge in [0.25, 0.3) is 6.10 Å². The molecule has 13 heteroatoms. The molecule has 3 rings (SSSR count). The van der Waals surface area contributed by atoms with E-state index in [0.29, 0.717) is 13.0 Å². The Kier molecular flexibility index (Phi) is 5.90. The number of rotatable bonds is 4. The van der Waals surface area contributed by atoms with Crippen LogP contribution >= 0.6 is 0 Å². The summed E-state index contributed by atoms with van der Waals surface area (Å²) in [5.41, 5.74) is -0.629. The second-order valence-electron chi connectivity index (χ2n) is 7.34. The highest BCUT2D eigenvalue weighted by atomic mass is 32.2. The van der Waals surface area contributed by atoms with Crippen LogP contribution in [0, 0.1) is 0 Å². The smallest absolute Gasteiger partial charge is 0.426 e. The van der Waals surface area contributed by atoms with Crippen molar-refractivity contribution in [1.82, 2.24) is 9.62 Å². The van der Waals surface area contributed by atoms with Crippen molar-refractivity contribution in [3.05, 3.63) is 0 Å². The number of alkyl halides is 6. The molecule has 1 amide bonds. The molecule has 0 radical (unpaired) electrons. The SMILES string of the molecule is O=C(OC(C(F)(F)F)C(F)(F)F)N1CCC2(CC1)CC(NS(=O)C1CC1)CO2. The van der Waals surface area contributed by atoms with E-state index >= 15 is 0 Å². The van der Waals surface area contributed by atoms with Crippen molar-refractivity contribution >= 4 is 17.1 Å². The van der Waals surface area contributed by atoms with Gasteiger partial charge in [0.15, 0.2) is 0 Å². The molecule has 0 bridgehead atoms. The number of ether oxygens (including phenoxy) is 2. The molecule has 2 aliphatic heterocycles. The second kappa shape index (κ2) is 7.63. The maximum absolute atomic E-state index is 12.5. The first-order chi connectivity index (χ1) is 12.9. The number of likely N-dealkylation sites (tertiary alicyclic amines) is 1. The van der Waals surface area contributed by atoms with Gasteiger partial charge in [0, 0.05) is 24.4 Å². The maximum atomic E-state index is 12.5. The first-order valence-corrected chi connectivity index (χ1v) is 10.0. The lowest BCUT2D eigenvalue weighted by molar-refractivity contribution is -0.308. The fraction of sp³-hybridized carbons (Fsp3) is 0.933. The number of carbonyl (C=O) groups excluding carboxylic acids is 1. The Labute approximate surface area is 159 Å². The fourth-order valence-corrected chi connectivity index (χ4v) is 4.64. The van der Waals surface area contributed by atoms with E-state index in [1.54, 1.807) is 0 Å². The summed E-state index contributed by atoms with van der Waals surface area (Å²) in [6.45, 7) is 0.145. The lowest BCUT2D eigenvalue weighted by Crippen LogP contribution is -2.51. The van der Waals surface area contributed by atoms with Crippen molar-refractivity contribution in [2.45, 2.75) is 67.5 Å². The van der Waals surface area contributed by atoms with Crippen molar-refractivity contribution in [3.8, 4) is 0 Å². The third kappa shape index (κ3) is 5.09. The Bertz CT molecular complexity index is 603. The van der Waals surface area contributed by atoms with E-state index in [2.05, 4.69) is 9.46 Å². The quantitative estimate of drug-likeness (QED) is 0.686. The highest BCUT2D eigenvalue weighted by Crippen LogP contribution is 2.39. The predicted octanol–water partition coefficient (Wildman–Crippen LogP) is 2.66. The Morgan fingerprint density at radius 1 is 1.14 bits per heavy atom. The molecule has 1 aliphatic carbocycles. The molecule has 2 atom stereocenters. The molecule has 1 spiro atoms. The second-order valence-corrected chi connectivity index (χ2v) is 8.84. The topological polar surface area (TPSA) is 67.9 Å². The van der Waals surface area contributed by atoms with E-state index in [0.717, 1.165) is 17.7 Å². The molecule has 0 aromatic carbocycles. The Hall–Kier alpha value is -1.08. The van der Waals surface area contributed by atoms with Crippen LogP contribution in [-0.2, 0) is 20.5 Å². The van der Waals surface area contributed by atoms with Gasteiger partial charge in [-0.15, -0.1) is 0 Å². The summed E-state index contributed by atoms with van der Waals surface area (Å²) in [6.07, 6.45) is -14.5. The lowest BCUT2D eigenvalue weighted by Gasteiger charge is -2.38. The largest absolute Gasteiger partial charge is 0.434 e. The third-order valence-corrected chi connectivity index (χ3v) is 6.71. The standard InChI is InChI=1S/C15H20F6N2O4S/c16-14(17,18)11(15(19,20)21)27-12(24)23-5-3-13(4-6-23)7-9(8-26-13)22-28(25)10-1-2-10/h9-11,22H,1-8H2. The van der Waals surface area contributed by atoms with E-state index in [9.17, 15) is 35.3 Å². The average molecular weight is 438 g/mol. The molecular weight excluding hydrogens is 418 g/mol. The van der Waals surface area contributed by atoms with E-state index < -0.39 is 41.1 Å². The molecule has 28 heavy (non-hydrogen) atoms. The molecule has 2 heterocycles. The van der Waals surface area contributed by atoms with Crippen molar-refractivity contribution in [2.75, 3.05) is 19.7 Å². The van der Waals surface area contributed by atoms with Crippen LogP contribution in [0.3, 0.4) is 0 Å². The molecule has 2 saturated heterocycles. The van der Waals surface area contributed by atoms with Crippen LogP contribution in [0.25, 0.3) is 0 Å². The van der Waals surface area contributed by atoms with Gasteiger partial charge in [-0.2, -0.15) is 26.3 Å². The molecule has 3 aliphatic rings. The highest BCUT2D eigenvalue weighted by molar-refractivity contribution is 7.84. The van der Waals surface area contributed by atoms with Gasteiger partial charge in [0.1, 0.15) is 0 Å². The lowest BCUT2D eigenvalue weighted by atomic mass is 9.88. The summed E-state index contributed by atoms with van der Waals surface area (Å²) in [5, 5.41) is 0.156. The summed E-state index contributed by atoms with van der Waals surface area (Å²) >= 11 is 0. The number of amides is 1. The third-order valence-electron chi connectivity index (χ3n) is 5.07. The van der Waals surface area contributed by atoms with Gasteiger partial charge in [-0.25, -0.2) is 13.7 Å². The molecule has 3 fully saturated rings. The van der Waals surface area contributed by atoms with E-state index in [-0.39, 0.29) is 37.2 Å². The monoisotopic (exact) mass is 438 g/mol. The zero-order valence-corrected chi connectivity index (χ0v) is 15.5. The minimum Gasteiger partial charge on any atom is -0.426 e. The van der Waals surface area contributed by atoms with Crippen molar-refractivity contribution in [3.63, 3.8) is 0 Å². The van der Waals surface area contributed by atoms with Gasteiger partial charge < -0.3 is 14.4 Å². The van der Waals surface area contributed by atoms with Crippen LogP contribution in [0.1, 0.15) is 32.1 Å². The molecular formula is C15H20F6N2O4S. The number of hydrogen-bond donors (Lipinski definition) is 1. The van der Waals surface area contributed by atoms with Crippen LogP contribution in [0.5, 0.6) is 0 Å². The van der Waals surface area contributed by atoms with Crippen molar-refractivity contribution in [2.24, 2.45) is 0 Å². The Morgan fingerprint density at radius 2 is 1.71 bits per heavy atom. The molecule has 1 N–H and O–H groups in total. The normalized spacial score (nSPS) is 26.7. The van der Waals surface area contributed by atoms with E-state index in [1.165, 1.54) is 0 Å². The van der Waals surface area contributed by atoms with E-state index in [4.69, 9.17) is 4.74 Å². The van der Waals surface area contributed by atoms with Crippen molar-refractivity contribution < 1.29 is 44.8 Å². The minimum absolute atomic E-state index is 0.0836. The molecule has 1 saturated carbocycles. The number of nitrogens with zero attached hydrogens (tertiary/aromatic N) is 1. The summed E-state index contributed by atoms with van der Waals surface area (Å²) in [5.74, 6) is 0. The van der Waals surface area contributed by atoms with Gasteiger partial charge in [0.2, 0.25) is 0 Å². The van der Waals surface area contributed by atoms with Gasteiger partial charge in [0.05, 0.1) is 23.2 Å². The maximum Gasteiger partial charge on any atom is 0.434 e. The molecule has 2 unspecified atom stereocenters. The minimum atomic E-state index is -5.74. The van der Waals surface area contributed by atoms with Crippen LogP contribution in [-0.4, -0.2) is 70.2 Å². The predicted molar refractivity (Wildman–Crippen MR) is 84.6 cm³/mol. The van der Waals surface area contributed by atoms with Crippen LogP contribution in [0.15, 0.2) is 0 Å². The summed E-state index contributed by atoms with van der Waals surface area (Å²) in [4.78, 5) is 12.6. The van der Waals surface area contributed by atoms with Crippen LogP contribution in [0.4, 0.5) is 31.1 Å². The summed E-state index contributed by atoms with van der Waals surface area (Å²) in [6, 6.07) is -0.139. The Morgan fingerprint density at radius 3 is 2.21 bits per heavy atom. The van der Waals surface area contributed by atoms with Crippen molar-refractivity contribution in [1.29, 1.82) is 0 Å². The van der Waals surface area contributed by atoms with Crippen LogP contribution in [0.2, 0.25) is 0 Å². The van der Waals surface area contributed by atoms with Gasteiger partial charge in [-0.1, -0.05) is 0 Å². The number of piperidine rings is 1. The summed E-state index contributed by atoms with van der Waals surface area (Å²) < 4.78 is 99.6. The molecule has 0 aromatic heterocycles. The molecule has 162 valence electrons. The fourth-order valence-electron chi connectivity index (χ4n) is 3.40. The molecule has 6 nitrogen and oxygen atoms in total. The average Bonchev–Trinajstić information content (AvgIpc) is 3.36. The zero-order valence-electron chi connectivity index (χ0n) is 14.6. The first kappa shape index (κ1) is 21.6. The van der Waals surface area contributed by atoms with Gasteiger partial charge in [-0.3, -0.25) is 0 Å². The Balaban J connectivity index is 1.50. The van der Waals surface area contributed by atoms with E-state index in [1.807, 2.05) is 0 Å². The number of hydrogen-bond acceptors (Lipinski definition) is 4. The van der Waals surface area contributed by atoms with Gasteiger partial charge in [-0.05, 0) is 32.1 Å². The number of carbonyl (C=O) groups is 1.